The standard InChI is InChI=1S/C10H12N6O4/c1-5-9(18)13-7(17)4-15(5)8-6(16(19)20)3-12-10(11-2)14-8/h3,5H,4H2,1-2H3,(H,11,12,14)(H,13,17,18). The van der Waals surface area contributed by atoms with Crippen LogP contribution in [0.3, 0.4) is 0 Å². The van der Waals surface area contributed by atoms with Gasteiger partial charge in [-0.15, -0.1) is 0 Å². The molecule has 1 aliphatic heterocycles. The van der Waals surface area contributed by atoms with Crippen LogP contribution in [0, 0.1) is 10.1 Å². The molecule has 1 aromatic heterocycles. The summed E-state index contributed by atoms with van der Waals surface area (Å²) in [5.41, 5.74) is -0.363. The van der Waals surface area contributed by atoms with E-state index in [1.807, 2.05) is 0 Å². The van der Waals surface area contributed by atoms with Crippen LogP contribution >= 0.6 is 0 Å². The number of rotatable bonds is 3. The Kier molecular flexibility index (Phi) is 3.46. The number of carbonyl (C=O) groups excluding carboxylic acids is 2. The summed E-state index contributed by atoms with van der Waals surface area (Å²) in [6, 6.07) is -0.744. The summed E-state index contributed by atoms with van der Waals surface area (Å²) in [5.74, 6) is -0.964. The Morgan fingerprint density at radius 3 is 2.85 bits per heavy atom. The number of hydrogen-bond acceptors (Lipinski definition) is 8. The molecule has 10 heteroatoms. The van der Waals surface area contributed by atoms with E-state index in [1.54, 1.807) is 7.05 Å². The smallest absolute Gasteiger partial charge is 0.329 e. The van der Waals surface area contributed by atoms with Crippen molar-refractivity contribution in [2.75, 3.05) is 23.8 Å². The molecule has 1 atom stereocenters. The quantitative estimate of drug-likeness (QED) is 0.421. The third kappa shape index (κ3) is 2.35. The molecule has 1 aliphatic rings. The first-order valence-corrected chi connectivity index (χ1v) is 5.73. The molecule has 2 N–H and O–H groups in total. The number of nitrogens with zero attached hydrogens (tertiary/aromatic N) is 4. The highest BCUT2D eigenvalue weighted by atomic mass is 16.6. The van der Waals surface area contributed by atoms with Gasteiger partial charge in [0.1, 0.15) is 12.2 Å². The van der Waals surface area contributed by atoms with E-state index < -0.39 is 22.8 Å². The third-order valence-corrected chi connectivity index (χ3v) is 2.87. The average Bonchev–Trinajstić information content (AvgIpc) is 2.42. The second kappa shape index (κ2) is 5.07. The van der Waals surface area contributed by atoms with Gasteiger partial charge in [-0.2, -0.15) is 4.98 Å². The Morgan fingerprint density at radius 2 is 2.25 bits per heavy atom. The van der Waals surface area contributed by atoms with Crippen molar-refractivity contribution in [1.29, 1.82) is 0 Å². The van der Waals surface area contributed by atoms with Gasteiger partial charge in [-0.1, -0.05) is 0 Å². The summed E-state index contributed by atoms with van der Waals surface area (Å²) in [4.78, 5) is 42.5. The van der Waals surface area contributed by atoms with Gasteiger partial charge in [0.2, 0.25) is 23.6 Å². The van der Waals surface area contributed by atoms with Gasteiger partial charge in [0.25, 0.3) is 0 Å². The van der Waals surface area contributed by atoms with Gasteiger partial charge in [0.05, 0.1) is 11.5 Å². The molecule has 0 radical (unpaired) electrons. The lowest BCUT2D eigenvalue weighted by atomic mass is 10.2. The van der Waals surface area contributed by atoms with Crippen LogP contribution in [-0.2, 0) is 9.59 Å². The molecular formula is C10H12N6O4. The van der Waals surface area contributed by atoms with E-state index in [2.05, 4.69) is 20.6 Å². The normalized spacial score (nSPS) is 18.7. The summed E-state index contributed by atoms with van der Waals surface area (Å²) < 4.78 is 0. The number of hydrogen-bond donors (Lipinski definition) is 2. The Bertz CT molecular complexity index is 589. The van der Waals surface area contributed by atoms with Crippen molar-refractivity contribution in [2.24, 2.45) is 0 Å². The fourth-order valence-electron chi connectivity index (χ4n) is 1.80. The lowest BCUT2D eigenvalue weighted by Crippen LogP contribution is -2.57. The van der Waals surface area contributed by atoms with Crippen molar-refractivity contribution in [3.63, 3.8) is 0 Å². The maximum Gasteiger partial charge on any atom is 0.329 e. The van der Waals surface area contributed by atoms with Gasteiger partial charge in [-0.05, 0) is 6.92 Å². The molecule has 20 heavy (non-hydrogen) atoms. The zero-order valence-corrected chi connectivity index (χ0v) is 10.8. The number of imide groups is 1. The number of piperazine rings is 1. The molecule has 1 saturated heterocycles. The Morgan fingerprint density at radius 1 is 1.55 bits per heavy atom. The first-order chi connectivity index (χ1) is 9.43. The number of amides is 2. The highest BCUT2D eigenvalue weighted by Gasteiger charge is 2.35. The second-order valence-electron chi connectivity index (χ2n) is 4.13. The van der Waals surface area contributed by atoms with E-state index >= 15 is 0 Å². The zero-order chi connectivity index (χ0) is 14.9. The minimum Gasteiger partial charge on any atom is -0.357 e. The fourth-order valence-corrected chi connectivity index (χ4v) is 1.80. The Balaban J connectivity index is 2.51. The number of aromatic nitrogens is 2. The summed E-state index contributed by atoms with van der Waals surface area (Å²) in [6.45, 7) is 1.35. The lowest BCUT2D eigenvalue weighted by molar-refractivity contribution is -0.384. The van der Waals surface area contributed by atoms with Crippen molar-refractivity contribution >= 4 is 29.3 Å². The molecule has 1 unspecified atom stereocenters. The van der Waals surface area contributed by atoms with E-state index in [0.29, 0.717) is 0 Å². The molecule has 2 rings (SSSR count). The van der Waals surface area contributed by atoms with Gasteiger partial charge in [0.15, 0.2) is 0 Å². The van der Waals surface area contributed by atoms with Crippen molar-refractivity contribution in [2.45, 2.75) is 13.0 Å². The highest BCUT2D eigenvalue weighted by molar-refractivity contribution is 6.04. The molecule has 0 saturated carbocycles. The van der Waals surface area contributed by atoms with Gasteiger partial charge in [0, 0.05) is 7.05 Å². The first kappa shape index (κ1) is 13.6. The van der Waals surface area contributed by atoms with E-state index in [0.717, 1.165) is 6.20 Å². The Labute approximate surface area is 113 Å². The number of anilines is 2. The van der Waals surface area contributed by atoms with Crippen LogP contribution in [0.15, 0.2) is 6.20 Å². The van der Waals surface area contributed by atoms with Gasteiger partial charge in [-0.25, -0.2) is 4.98 Å². The van der Waals surface area contributed by atoms with Crippen LogP contribution in [0.2, 0.25) is 0 Å². The minimum absolute atomic E-state index is 0.0648. The number of nitro groups is 1. The predicted octanol–water partition coefficient (Wildman–Crippen LogP) is -0.722. The summed E-state index contributed by atoms with van der Waals surface area (Å²) in [7, 11) is 1.56. The Hall–Kier alpha value is -2.78. The first-order valence-electron chi connectivity index (χ1n) is 5.73. The minimum atomic E-state index is -0.744. The van der Waals surface area contributed by atoms with Crippen molar-refractivity contribution < 1.29 is 14.5 Å². The summed E-state index contributed by atoms with van der Waals surface area (Å²) in [5, 5.41) is 15.8. The molecule has 2 heterocycles. The van der Waals surface area contributed by atoms with E-state index in [9.17, 15) is 19.7 Å². The molecule has 2 amide bonds. The van der Waals surface area contributed by atoms with E-state index in [1.165, 1.54) is 11.8 Å². The molecule has 0 spiro atoms. The zero-order valence-electron chi connectivity index (χ0n) is 10.8. The average molecular weight is 280 g/mol. The monoisotopic (exact) mass is 280 g/mol. The highest BCUT2D eigenvalue weighted by Crippen LogP contribution is 2.28. The van der Waals surface area contributed by atoms with Gasteiger partial charge in [-0.3, -0.25) is 25.0 Å². The van der Waals surface area contributed by atoms with Crippen LogP contribution < -0.4 is 15.5 Å². The van der Waals surface area contributed by atoms with Crippen LogP contribution in [0.4, 0.5) is 17.5 Å². The number of nitrogens with one attached hydrogen (secondary N) is 2. The van der Waals surface area contributed by atoms with Crippen molar-refractivity contribution in [3.05, 3.63) is 16.3 Å². The molecule has 0 aromatic carbocycles. The maximum absolute atomic E-state index is 11.6. The molecule has 10 nitrogen and oxygen atoms in total. The predicted molar refractivity (Wildman–Crippen MR) is 68.2 cm³/mol. The molecular weight excluding hydrogens is 268 g/mol. The lowest BCUT2D eigenvalue weighted by Gasteiger charge is -2.32. The molecule has 0 aliphatic carbocycles. The van der Waals surface area contributed by atoms with Crippen LogP contribution in [0.5, 0.6) is 0 Å². The van der Waals surface area contributed by atoms with Gasteiger partial charge >= 0.3 is 5.69 Å². The largest absolute Gasteiger partial charge is 0.357 e. The van der Waals surface area contributed by atoms with Crippen LogP contribution in [0.25, 0.3) is 0 Å². The van der Waals surface area contributed by atoms with Crippen molar-refractivity contribution in [3.8, 4) is 0 Å². The van der Waals surface area contributed by atoms with E-state index in [4.69, 9.17) is 0 Å². The summed E-state index contributed by atoms with van der Waals surface area (Å²) in [6.07, 6.45) is 1.04. The maximum atomic E-state index is 11.6. The molecule has 1 fully saturated rings. The topological polar surface area (TPSA) is 130 Å². The molecule has 106 valence electrons. The second-order valence-corrected chi connectivity index (χ2v) is 4.13. The SMILES string of the molecule is CNc1ncc([N+](=O)[O-])c(N2CC(=O)NC(=O)C2C)n1. The van der Waals surface area contributed by atoms with Crippen LogP contribution in [0.1, 0.15) is 6.92 Å². The van der Waals surface area contributed by atoms with E-state index in [-0.39, 0.29) is 24.0 Å². The summed E-state index contributed by atoms with van der Waals surface area (Å²) >= 11 is 0. The molecule has 1 aromatic rings. The van der Waals surface area contributed by atoms with Crippen molar-refractivity contribution in [1.82, 2.24) is 15.3 Å². The number of carbonyl (C=O) groups is 2. The fraction of sp³-hybridized carbons (Fsp3) is 0.400. The van der Waals surface area contributed by atoms with Crippen LogP contribution in [-0.4, -0.2) is 46.3 Å². The van der Waals surface area contributed by atoms with Gasteiger partial charge < -0.3 is 10.2 Å². The molecule has 0 bridgehead atoms. The third-order valence-electron chi connectivity index (χ3n) is 2.87.